The van der Waals surface area contributed by atoms with Crippen molar-refractivity contribution in [1.82, 2.24) is 9.84 Å². The van der Waals surface area contributed by atoms with E-state index < -0.39 is 11.3 Å². The summed E-state index contributed by atoms with van der Waals surface area (Å²) in [6, 6.07) is 0. The van der Waals surface area contributed by atoms with Gasteiger partial charge < -0.3 is 0 Å². The highest BCUT2D eigenvalue weighted by atomic mass is 32.2. The maximum Gasteiger partial charge on any atom is 0.246 e. The maximum atomic E-state index is 9.81. The molecule has 0 saturated carbocycles. The zero-order valence-corrected chi connectivity index (χ0v) is 4.44. The lowest BCUT2D eigenvalue weighted by molar-refractivity contribution is 0.467. The molecule has 1 heterocycles. The number of hydrogen-bond donors (Lipinski definition) is 2. The fourth-order valence-corrected chi connectivity index (χ4v) is 0.655. The van der Waals surface area contributed by atoms with Gasteiger partial charge in [-0.3, -0.25) is 4.55 Å². The van der Waals surface area contributed by atoms with Crippen molar-refractivity contribution in [3.63, 3.8) is 0 Å². The van der Waals surface area contributed by atoms with Crippen molar-refractivity contribution in [2.45, 2.75) is 0 Å². The molecule has 0 spiro atoms. The lowest BCUT2D eigenvalue weighted by Gasteiger charge is -1.92. The second-order valence-corrected chi connectivity index (χ2v) is 2.01. The van der Waals surface area contributed by atoms with Gasteiger partial charge in [0.15, 0.2) is 0 Å². The predicted molar refractivity (Wildman–Crippen MR) is 25.5 cm³/mol. The van der Waals surface area contributed by atoms with Crippen LogP contribution in [0.2, 0.25) is 0 Å². The number of nitrogens with one attached hydrogen (secondary N) is 1. The highest BCUT2D eigenvalue weighted by Crippen LogP contribution is 1.95. The first-order chi connectivity index (χ1) is 3.29. The van der Waals surface area contributed by atoms with Gasteiger partial charge in [0.2, 0.25) is 11.3 Å². The molecule has 0 aliphatic carbocycles. The van der Waals surface area contributed by atoms with Gasteiger partial charge in [-0.25, -0.2) is 9.22 Å². The van der Waals surface area contributed by atoms with Crippen molar-refractivity contribution in [3.05, 3.63) is 0 Å². The van der Waals surface area contributed by atoms with E-state index in [1.165, 1.54) is 0 Å². The van der Waals surface area contributed by atoms with Gasteiger partial charge >= 0.3 is 0 Å². The Labute approximate surface area is 43.9 Å². The third-order valence-corrected chi connectivity index (χ3v) is 1.07. The van der Waals surface area contributed by atoms with Crippen molar-refractivity contribution in [3.8, 4) is 0 Å². The Balaban J connectivity index is 2.08. The lowest BCUT2D eigenvalue weighted by Crippen LogP contribution is -2.22. The van der Waals surface area contributed by atoms with Gasteiger partial charge in [0.25, 0.3) is 0 Å². The van der Waals surface area contributed by atoms with Gasteiger partial charge in [0.05, 0.1) is 0 Å². The topological polar surface area (TPSA) is 52.3 Å². The van der Waals surface area contributed by atoms with E-state index >= 15 is 0 Å². The van der Waals surface area contributed by atoms with Gasteiger partial charge in [-0.2, -0.15) is 0 Å². The van der Waals surface area contributed by atoms with Crippen LogP contribution in [0.1, 0.15) is 0 Å². The molecule has 0 radical (unpaired) electrons. The van der Waals surface area contributed by atoms with Gasteiger partial charge in [0, 0.05) is 13.1 Å². The van der Waals surface area contributed by atoms with E-state index in [4.69, 9.17) is 4.55 Å². The third kappa shape index (κ3) is 1.98. The summed E-state index contributed by atoms with van der Waals surface area (Å²) in [6.07, 6.45) is 0. The molecule has 1 aliphatic rings. The molecule has 0 aromatic carbocycles. The van der Waals surface area contributed by atoms with E-state index in [0.717, 1.165) is 13.1 Å². The Morgan fingerprint density at radius 2 is 2.29 bits per heavy atom. The minimum Gasteiger partial charge on any atom is -0.293 e. The molecule has 5 heteroatoms. The minimum atomic E-state index is -1.86. The van der Waals surface area contributed by atoms with Crippen LogP contribution in [0.15, 0.2) is 0 Å². The molecular weight excluding hydrogens is 116 g/mol. The summed E-state index contributed by atoms with van der Waals surface area (Å²) in [7, 11) is 0. The molecule has 7 heavy (non-hydrogen) atoms. The molecule has 1 rings (SSSR count). The van der Waals surface area contributed by atoms with Crippen molar-refractivity contribution in [2.75, 3.05) is 13.1 Å². The molecule has 0 bridgehead atoms. The first-order valence-corrected chi connectivity index (χ1v) is 3.02. The van der Waals surface area contributed by atoms with Crippen LogP contribution >= 0.6 is 0 Å². The standard InChI is InChI=1S/C2H6N2O2S/c5-7(6)3-4-1-2-4/h3H,1-2H2,(H,5,6). The smallest absolute Gasteiger partial charge is 0.246 e. The van der Waals surface area contributed by atoms with Crippen LogP contribution in [-0.4, -0.2) is 26.9 Å². The summed E-state index contributed by atoms with van der Waals surface area (Å²) >= 11 is -1.86. The molecule has 1 unspecified atom stereocenters. The van der Waals surface area contributed by atoms with Crippen LogP contribution in [0.5, 0.6) is 0 Å². The van der Waals surface area contributed by atoms with E-state index in [1.54, 1.807) is 5.01 Å². The van der Waals surface area contributed by atoms with Gasteiger partial charge in [-0.1, -0.05) is 0 Å². The van der Waals surface area contributed by atoms with E-state index in [2.05, 4.69) is 4.83 Å². The normalized spacial score (nSPS) is 24.7. The second kappa shape index (κ2) is 1.87. The predicted octanol–water partition coefficient (Wildman–Crippen LogP) is -1.06. The Morgan fingerprint density at radius 3 is 2.43 bits per heavy atom. The van der Waals surface area contributed by atoms with E-state index in [-0.39, 0.29) is 0 Å². The van der Waals surface area contributed by atoms with Gasteiger partial charge in [0.1, 0.15) is 0 Å². The molecular formula is C2H6N2O2S. The van der Waals surface area contributed by atoms with Crippen molar-refractivity contribution in [2.24, 2.45) is 0 Å². The molecule has 0 aromatic heterocycles. The van der Waals surface area contributed by atoms with Crippen LogP contribution in [-0.2, 0) is 11.3 Å². The largest absolute Gasteiger partial charge is 0.293 e. The Bertz CT molecular complexity index is 91.7. The third-order valence-electron chi connectivity index (χ3n) is 0.654. The second-order valence-electron chi connectivity index (χ2n) is 1.33. The molecule has 2 N–H and O–H groups in total. The Kier molecular flexibility index (Phi) is 1.38. The lowest BCUT2D eigenvalue weighted by atomic mass is 11.0. The Morgan fingerprint density at radius 1 is 1.71 bits per heavy atom. The average Bonchev–Trinajstić information content (AvgIpc) is 2.17. The number of hydrogen-bond acceptors (Lipinski definition) is 2. The average molecular weight is 122 g/mol. The van der Waals surface area contributed by atoms with E-state index in [1.807, 2.05) is 0 Å². The van der Waals surface area contributed by atoms with E-state index in [0.29, 0.717) is 0 Å². The highest BCUT2D eigenvalue weighted by molar-refractivity contribution is 7.77. The van der Waals surface area contributed by atoms with Gasteiger partial charge in [-0.05, 0) is 0 Å². The van der Waals surface area contributed by atoms with Crippen LogP contribution in [0.3, 0.4) is 0 Å². The summed E-state index contributed by atoms with van der Waals surface area (Å²) in [5.41, 5.74) is 0. The number of hydrazine groups is 1. The first kappa shape index (κ1) is 5.17. The number of nitrogens with zero attached hydrogens (tertiary/aromatic N) is 1. The summed E-state index contributed by atoms with van der Waals surface area (Å²) in [6.45, 7) is 1.76. The SMILES string of the molecule is O=S(O)NN1CC1. The van der Waals surface area contributed by atoms with E-state index in [9.17, 15) is 4.21 Å². The molecule has 1 saturated heterocycles. The van der Waals surface area contributed by atoms with Gasteiger partial charge in [-0.15, -0.1) is 4.83 Å². The van der Waals surface area contributed by atoms with Crippen molar-refractivity contribution in [1.29, 1.82) is 0 Å². The monoisotopic (exact) mass is 122 g/mol. The maximum absolute atomic E-state index is 9.81. The highest BCUT2D eigenvalue weighted by Gasteiger charge is 2.17. The molecule has 0 aromatic rings. The number of rotatable bonds is 2. The summed E-state index contributed by atoms with van der Waals surface area (Å²) in [4.78, 5) is 2.28. The molecule has 4 nitrogen and oxygen atoms in total. The molecule has 1 aliphatic heterocycles. The van der Waals surface area contributed by atoms with Crippen LogP contribution in [0, 0.1) is 0 Å². The summed E-state index contributed by atoms with van der Waals surface area (Å²) in [5.74, 6) is 0. The zero-order chi connectivity index (χ0) is 5.28. The first-order valence-electron chi connectivity index (χ1n) is 1.91. The molecule has 1 atom stereocenters. The Hall–Kier alpha value is 0.0300. The summed E-state index contributed by atoms with van der Waals surface area (Å²) in [5, 5.41) is 1.65. The van der Waals surface area contributed by atoms with Crippen molar-refractivity contribution >= 4 is 11.3 Å². The molecule has 1 fully saturated rings. The molecule has 0 amide bonds. The minimum absolute atomic E-state index is 0.881. The van der Waals surface area contributed by atoms with Crippen LogP contribution in [0.4, 0.5) is 0 Å². The fourth-order valence-electron chi connectivity index (χ4n) is 0.252. The summed E-state index contributed by atoms with van der Waals surface area (Å²) < 4.78 is 17.9. The van der Waals surface area contributed by atoms with Crippen molar-refractivity contribution < 1.29 is 8.76 Å². The quantitative estimate of drug-likeness (QED) is 0.363. The van der Waals surface area contributed by atoms with Crippen LogP contribution in [0.25, 0.3) is 0 Å². The molecule has 42 valence electrons. The zero-order valence-electron chi connectivity index (χ0n) is 3.63. The van der Waals surface area contributed by atoms with Crippen LogP contribution < -0.4 is 4.83 Å². The fraction of sp³-hybridized carbons (Fsp3) is 1.00.